The van der Waals surface area contributed by atoms with Crippen LogP contribution >= 0.6 is 11.3 Å². The molecule has 4 aromatic rings. The summed E-state index contributed by atoms with van der Waals surface area (Å²) in [6, 6.07) is 8.43. The molecule has 0 unspecified atom stereocenters. The van der Waals surface area contributed by atoms with E-state index in [1.54, 1.807) is 22.2 Å². The minimum Gasteiger partial charge on any atom is -0.350 e. The smallest absolute Gasteiger partial charge is 0.270 e. The number of benzene rings is 1. The number of likely N-dealkylation sites (tertiary alicyclic amines) is 1. The summed E-state index contributed by atoms with van der Waals surface area (Å²) in [5, 5.41) is 15.5. The summed E-state index contributed by atoms with van der Waals surface area (Å²) < 4.78 is 13.6. The minimum absolute atomic E-state index is 0.00423. The standard InChI is InChI=1S/C20H19FN6OS/c1-12-15-10-13(21)6-7-16(15)22-18(12)20(28)26-8-2-4-14(26)11-27-24-19(23-25-27)17-5-3-9-29-17/h3,5-7,9-10,14,22H,2,4,8,11H2,1H3/t14-/m1/s1. The van der Waals surface area contributed by atoms with Gasteiger partial charge in [-0.2, -0.15) is 4.80 Å². The third-order valence-corrected chi connectivity index (χ3v) is 6.31. The Bertz CT molecular complexity index is 1180. The second kappa shape index (κ2) is 7.07. The molecule has 1 amide bonds. The molecule has 148 valence electrons. The number of hydrogen-bond donors (Lipinski definition) is 1. The number of aromatic nitrogens is 5. The third kappa shape index (κ3) is 3.21. The Kier molecular flexibility index (Phi) is 4.39. The summed E-state index contributed by atoms with van der Waals surface area (Å²) in [6.45, 7) is 3.03. The molecular weight excluding hydrogens is 391 g/mol. The maximum absolute atomic E-state index is 13.6. The van der Waals surface area contributed by atoms with Gasteiger partial charge in [-0.05, 0) is 60.2 Å². The van der Waals surface area contributed by atoms with Gasteiger partial charge in [0.25, 0.3) is 5.91 Å². The predicted molar refractivity (Wildman–Crippen MR) is 108 cm³/mol. The van der Waals surface area contributed by atoms with Crippen LogP contribution in [-0.4, -0.2) is 48.6 Å². The monoisotopic (exact) mass is 410 g/mol. The molecule has 0 radical (unpaired) electrons. The third-order valence-electron chi connectivity index (χ3n) is 5.44. The van der Waals surface area contributed by atoms with Crippen LogP contribution in [-0.2, 0) is 6.54 Å². The van der Waals surface area contributed by atoms with Crippen LogP contribution in [0.2, 0.25) is 0 Å². The van der Waals surface area contributed by atoms with Crippen LogP contribution in [0.4, 0.5) is 4.39 Å². The molecule has 1 aliphatic rings. The molecule has 1 atom stereocenters. The first kappa shape index (κ1) is 18.0. The van der Waals surface area contributed by atoms with Gasteiger partial charge in [-0.3, -0.25) is 4.79 Å². The highest BCUT2D eigenvalue weighted by molar-refractivity contribution is 7.13. The highest BCUT2D eigenvalue weighted by Gasteiger charge is 2.32. The van der Waals surface area contributed by atoms with E-state index < -0.39 is 0 Å². The number of rotatable bonds is 4. The van der Waals surface area contributed by atoms with Crippen LogP contribution in [0.15, 0.2) is 35.7 Å². The first-order valence-electron chi connectivity index (χ1n) is 9.50. The highest BCUT2D eigenvalue weighted by atomic mass is 32.1. The maximum Gasteiger partial charge on any atom is 0.270 e. The Morgan fingerprint density at radius 1 is 1.38 bits per heavy atom. The molecule has 1 aliphatic heterocycles. The number of aryl methyl sites for hydroxylation is 1. The first-order valence-corrected chi connectivity index (χ1v) is 10.4. The highest BCUT2D eigenvalue weighted by Crippen LogP contribution is 2.27. The number of H-pyrrole nitrogens is 1. The summed E-state index contributed by atoms with van der Waals surface area (Å²) in [5.74, 6) is 0.223. The number of nitrogens with zero attached hydrogens (tertiary/aromatic N) is 5. The molecule has 0 bridgehead atoms. The number of carbonyl (C=O) groups excluding carboxylic acids is 1. The van der Waals surface area contributed by atoms with E-state index in [1.165, 1.54) is 12.1 Å². The summed E-state index contributed by atoms with van der Waals surface area (Å²) in [6.07, 6.45) is 1.81. The van der Waals surface area contributed by atoms with Gasteiger partial charge in [0.15, 0.2) is 0 Å². The number of nitrogens with one attached hydrogen (secondary N) is 1. The van der Waals surface area contributed by atoms with Gasteiger partial charge in [0.05, 0.1) is 17.5 Å². The van der Waals surface area contributed by atoms with E-state index >= 15 is 0 Å². The van der Waals surface area contributed by atoms with E-state index in [4.69, 9.17) is 0 Å². The minimum atomic E-state index is -0.309. The molecule has 0 saturated carbocycles. The zero-order chi connectivity index (χ0) is 20.0. The van der Waals surface area contributed by atoms with Crippen LogP contribution in [0, 0.1) is 12.7 Å². The normalized spacial score (nSPS) is 16.8. The second-order valence-electron chi connectivity index (χ2n) is 7.25. The van der Waals surface area contributed by atoms with Crippen molar-refractivity contribution in [3.8, 4) is 10.7 Å². The SMILES string of the molecule is Cc1c(C(=O)N2CCC[C@@H]2Cn2nnc(-c3cccs3)n2)[nH]c2ccc(F)cc12. The molecule has 1 N–H and O–H groups in total. The number of hydrogen-bond acceptors (Lipinski definition) is 5. The molecule has 4 heterocycles. The number of thiophene rings is 1. The first-order chi connectivity index (χ1) is 14.1. The van der Waals surface area contributed by atoms with Gasteiger partial charge < -0.3 is 9.88 Å². The van der Waals surface area contributed by atoms with Crippen molar-refractivity contribution in [1.29, 1.82) is 0 Å². The van der Waals surface area contributed by atoms with Gasteiger partial charge in [0.2, 0.25) is 5.82 Å². The molecule has 7 nitrogen and oxygen atoms in total. The largest absolute Gasteiger partial charge is 0.350 e. The molecule has 0 spiro atoms. The zero-order valence-corrected chi connectivity index (χ0v) is 16.6. The summed E-state index contributed by atoms with van der Waals surface area (Å²) in [7, 11) is 0. The van der Waals surface area contributed by atoms with Crippen molar-refractivity contribution in [2.75, 3.05) is 6.54 Å². The number of aromatic amines is 1. The van der Waals surface area contributed by atoms with E-state index in [-0.39, 0.29) is 17.8 Å². The van der Waals surface area contributed by atoms with Crippen molar-refractivity contribution < 1.29 is 9.18 Å². The lowest BCUT2D eigenvalue weighted by Gasteiger charge is -2.24. The van der Waals surface area contributed by atoms with E-state index in [2.05, 4.69) is 20.4 Å². The fraction of sp³-hybridized carbons (Fsp3) is 0.300. The Morgan fingerprint density at radius 2 is 2.28 bits per heavy atom. The van der Waals surface area contributed by atoms with E-state index in [0.717, 1.165) is 34.2 Å². The lowest BCUT2D eigenvalue weighted by molar-refractivity contribution is 0.0712. The lowest BCUT2D eigenvalue weighted by atomic mass is 10.1. The molecule has 3 aromatic heterocycles. The Balaban J connectivity index is 1.38. The van der Waals surface area contributed by atoms with Gasteiger partial charge in [0.1, 0.15) is 11.5 Å². The molecule has 1 aromatic carbocycles. The Labute approximate surface area is 170 Å². The van der Waals surface area contributed by atoms with Crippen molar-refractivity contribution in [2.24, 2.45) is 0 Å². The van der Waals surface area contributed by atoms with Crippen LogP contribution in [0.5, 0.6) is 0 Å². The van der Waals surface area contributed by atoms with E-state index in [0.29, 0.717) is 24.6 Å². The van der Waals surface area contributed by atoms with Gasteiger partial charge in [-0.25, -0.2) is 4.39 Å². The molecule has 5 rings (SSSR count). The number of tetrazole rings is 1. The van der Waals surface area contributed by atoms with E-state index in [9.17, 15) is 9.18 Å². The van der Waals surface area contributed by atoms with Gasteiger partial charge in [0, 0.05) is 17.4 Å². The lowest BCUT2D eigenvalue weighted by Crippen LogP contribution is -2.39. The number of fused-ring (bicyclic) bond motifs is 1. The molecule has 1 saturated heterocycles. The maximum atomic E-state index is 13.6. The van der Waals surface area contributed by atoms with Gasteiger partial charge in [-0.15, -0.1) is 21.5 Å². The van der Waals surface area contributed by atoms with Crippen LogP contribution in [0.25, 0.3) is 21.6 Å². The van der Waals surface area contributed by atoms with Crippen molar-refractivity contribution in [2.45, 2.75) is 32.4 Å². The zero-order valence-electron chi connectivity index (χ0n) is 15.8. The molecule has 9 heteroatoms. The van der Waals surface area contributed by atoms with Gasteiger partial charge in [-0.1, -0.05) is 6.07 Å². The quantitative estimate of drug-likeness (QED) is 0.557. The van der Waals surface area contributed by atoms with Crippen molar-refractivity contribution in [3.05, 3.63) is 52.8 Å². The van der Waals surface area contributed by atoms with Crippen molar-refractivity contribution >= 4 is 28.1 Å². The fourth-order valence-corrected chi connectivity index (χ4v) is 4.61. The fourth-order valence-electron chi connectivity index (χ4n) is 3.96. The topological polar surface area (TPSA) is 79.7 Å². The van der Waals surface area contributed by atoms with Crippen LogP contribution in [0.1, 0.15) is 28.9 Å². The Hall–Kier alpha value is -3.07. The summed E-state index contributed by atoms with van der Waals surface area (Å²) in [5.41, 5.74) is 2.05. The molecule has 1 fully saturated rings. The van der Waals surface area contributed by atoms with Gasteiger partial charge >= 0.3 is 0 Å². The van der Waals surface area contributed by atoms with E-state index in [1.807, 2.05) is 29.3 Å². The number of carbonyl (C=O) groups is 1. The van der Waals surface area contributed by atoms with Crippen LogP contribution in [0.3, 0.4) is 0 Å². The second-order valence-corrected chi connectivity index (χ2v) is 8.20. The number of halogens is 1. The predicted octanol–water partition coefficient (Wildman–Crippen LogP) is 3.64. The summed E-state index contributed by atoms with van der Waals surface area (Å²) >= 11 is 1.57. The Morgan fingerprint density at radius 3 is 3.10 bits per heavy atom. The average Bonchev–Trinajstić information content (AvgIpc) is 3.49. The number of amides is 1. The van der Waals surface area contributed by atoms with Crippen LogP contribution < -0.4 is 0 Å². The van der Waals surface area contributed by atoms with Crippen molar-refractivity contribution in [3.63, 3.8) is 0 Å². The molecular formula is C20H19FN6OS. The van der Waals surface area contributed by atoms with Crippen molar-refractivity contribution in [1.82, 2.24) is 30.1 Å². The molecule has 29 heavy (non-hydrogen) atoms. The summed E-state index contributed by atoms with van der Waals surface area (Å²) in [4.78, 5) is 20.8. The average molecular weight is 410 g/mol. The molecule has 0 aliphatic carbocycles.